The maximum absolute atomic E-state index is 12.9. The fraction of sp³-hybridized carbons (Fsp3) is 0.130. The van der Waals surface area contributed by atoms with Crippen molar-refractivity contribution in [3.63, 3.8) is 0 Å². The van der Waals surface area contributed by atoms with E-state index in [2.05, 4.69) is 20.6 Å². The van der Waals surface area contributed by atoms with Gasteiger partial charge in [-0.3, -0.25) is 9.59 Å². The molecule has 2 aromatic heterocycles. The zero-order valence-corrected chi connectivity index (χ0v) is 18.7. The molecular weight excluding hydrogens is 447 g/mol. The molecule has 4 aromatic rings. The number of anilines is 1. The summed E-state index contributed by atoms with van der Waals surface area (Å²) in [5, 5.41) is 6.84. The molecule has 0 radical (unpaired) electrons. The number of hydrogen-bond acceptors (Lipinski definition) is 6. The number of benzene rings is 2. The highest BCUT2D eigenvalue weighted by atomic mass is 32.2. The van der Waals surface area contributed by atoms with E-state index in [-0.39, 0.29) is 29.9 Å². The Balaban J connectivity index is 1.37. The number of nitrogens with one attached hydrogen (secondary N) is 2. The van der Waals surface area contributed by atoms with Crippen molar-refractivity contribution in [2.45, 2.75) is 11.9 Å². The van der Waals surface area contributed by atoms with Gasteiger partial charge < -0.3 is 10.6 Å². The SMILES string of the molecule is Cc1nc(SCC(=O)NCC(=O)Nc2ccc(F)cc2)c2cc(-c3ccccc3)sc2n1. The number of aromatic nitrogens is 2. The first-order valence-corrected chi connectivity index (χ1v) is 11.6. The number of nitrogens with zero attached hydrogens (tertiary/aromatic N) is 2. The Bertz CT molecular complexity index is 1260. The third-order valence-electron chi connectivity index (χ3n) is 4.44. The molecule has 32 heavy (non-hydrogen) atoms. The first kappa shape index (κ1) is 21.9. The molecule has 0 aliphatic carbocycles. The van der Waals surface area contributed by atoms with E-state index in [1.54, 1.807) is 11.3 Å². The Morgan fingerprint density at radius 2 is 1.78 bits per heavy atom. The van der Waals surface area contributed by atoms with Crippen LogP contribution in [0.5, 0.6) is 0 Å². The highest BCUT2D eigenvalue weighted by Crippen LogP contribution is 2.36. The van der Waals surface area contributed by atoms with Gasteiger partial charge in [0.15, 0.2) is 0 Å². The Labute approximate surface area is 192 Å². The second kappa shape index (κ2) is 9.88. The minimum Gasteiger partial charge on any atom is -0.346 e. The molecule has 2 amide bonds. The van der Waals surface area contributed by atoms with E-state index >= 15 is 0 Å². The first-order chi connectivity index (χ1) is 15.5. The van der Waals surface area contributed by atoms with Gasteiger partial charge in [-0.1, -0.05) is 42.1 Å². The first-order valence-electron chi connectivity index (χ1n) is 9.76. The normalized spacial score (nSPS) is 10.8. The lowest BCUT2D eigenvalue weighted by Crippen LogP contribution is -2.33. The van der Waals surface area contributed by atoms with Crippen molar-refractivity contribution in [1.82, 2.24) is 15.3 Å². The molecule has 0 aliphatic heterocycles. The van der Waals surface area contributed by atoms with Crippen molar-refractivity contribution in [2.75, 3.05) is 17.6 Å². The Morgan fingerprint density at radius 1 is 1.03 bits per heavy atom. The largest absolute Gasteiger partial charge is 0.346 e. The molecule has 0 atom stereocenters. The Morgan fingerprint density at radius 3 is 2.53 bits per heavy atom. The van der Waals surface area contributed by atoms with Crippen LogP contribution in [0.25, 0.3) is 20.7 Å². The van der Waals surface area contributed by atoms with Gasteiger partial charge in [0, 0.05) is 16.0 Å². The van der Waals surface area contributed by atoms with E-state index in [1.807, 2.05) is 43.3 Å². The lowest BCUT2D eigenvalue weighted by atomic mass is 10.2. The van der Waals surface area contributed by atoms with E-state index in [9.17, 15) is 14.0 Å². The average Bonchev–Trinajstić information content (AvgIpc) is 3.22. The molecule has 162 valence electrons. The van der Waals surface area contributed by atoms with Gasteiger partial charge in [0.05, 0.1) is 12.3 Å². The van der Waals surface area contributed by atoms with Gasteiger partial charge in [-0.2, -0.15) is 0 Å². The quantitative estimate of drug-likeness (QED) is 0.306. The number of thiophene rings is 1. The average molecular weight is 467 g/mol. The van der Waals surface area contributed by atoms with Crippen molar-refractivity contribution >= 4 is 50.8 Å². The van der Waals surface area contributed by atoms with Crippen LogP contribution in [0.15, 0.2) is 65.7 Å². The predicted molar refractivity (Wildman–Crippen MR) is 126 cm³/mol. The van der Waals surface area contributed by atoms with Crippen LogP contribution >= 0.6 is 23.1 Å². The molecule has 0 bridgehead atoms. The van der Waals surface area contributed by atoms with Crippen molar-refractivity contribution in [3.8, 4) is 10.4 Å². The molecule has 2 aromatic carbocycles. The maximum atomic E-state index is 12.9. The number of thioether (sulfide) groups is 1. The van der Waals surface area contributed by atoms with Gasteiger partial charge in [0.2, 0.25) is 11.8 Å². The zero-order chi connectivity index (χ0) is 22.5. The van der Waals surface area contributed by atoms with Gasteiger partial charge in [0.25, 0.3) is 0 Å². The minimum atomic E-state index is -0.388. The Hall–Kier alpha value is -3.30. The van der Waals surface area contributed by atoms with Crippen molar-refractivity contribution in [1.29, 1.82) is 0 Å². The summed E-state index contributed by atoms with van der Waals surface area (Å²) in [5.74, 6) is -0.302. The van der Waals surface area contributed by atoms with Crippen LogP contribution < -0.4 is 10.6 Å². The maximum Gasteiger partial charge on any atom is 0.243 e. The summed E-state index contributed by atoms with van der Waals surface area (Å²) in [6, 6.07) is 17.5. The molecule has 0 fully saturated rings. The molecule has 0 spiro atoms. The van der Waals surface area contributed by atoms with Crippen LogP contribution in [0.1, 0.15) is 5.82 Å². The van der Waals surface area contributed by atoms with E-state index in [0.717, 1.165) is 25.7 Å². The number of fused-ring (bicyclic) bond motifs is 1. The summed E-state index contributed by atoms with van der Waals surface area (Å²) in [6.45, 7) is 1.65. The topological polar surface area (TPSA) is 84.0 Å². The summed E-state index contributed by atoms with van der Waals surface area (Å²) in [4.78, 5) is 35.2. The van der Waals surface area contributed by atoms with Crippen LogP contribution in [0, 0.1) is 12.7 Å². The van der Waals surface area contributed by atoms with Crippen molar-refractivity contribution < 1.29 is 14.0 Å². The summed E-state index contributed by atoms with van der Waals surface area (Å²) < 4.78 is 12.9. The fourth-order valence-corrected chi connectivity index (χ4v) is 4.98. The molecular formula is C23H19FN4O2S2. The van der Waals surface area contributed by atoms with Crippen LogP contribution in [-0.2, 0) is 9.59 Å². The van der Waals surface area contributed by atoms with Crippen molar-refractivity contribution in [3.05, 3.63) is 72.3 Å². The summed E-state index contributed by atoms with van der Waals surface area (Å²) >= 11 is 2.90. The van der Waals surface area contributed by atoms with E-state index < -0.39 is 0 Å². The molecule has 4 rings (SSSR count). The number of carbonyl (C=O) groups excluding carboxylic acids is 2. The number of rotatable bonds is 7. The Kier molecular flexibility index (Phi) is 6.77. The number of carbonyl (C=O) groups is 2. The smallest absolute Gasteiger partial charge is 0.243 e. The zero-order valence-electron chi connectivity index (χ0n) is 17.1. The molecule has 0 unspecified atom stereocenters. The third kappa shape index (κ3) is 5.49. The molecule has 9 heteroatoms. The molecule has 0 aliphatic rings. The molecule has 2 heterocycles. The van der Waals surface area contributed by atoms with Crippen LogP contribution in [0.3, 0.4) is 0 Å². The fourth-order valence-electron chi connectivity index (χ4n) is 2.95. The number of hydrogen-bond donors (Lipinski definition) is 2. The van der Waals surface area contributed by atoms with Crippen LogP contribution in [-0.4, -0.2) is 34.1 Å². The van der Waals surface area contributed by atoms with Gasteiger partial charge >= 0.3 is 0 Å². The van der Waals surface area contributed by atoms with Crippen molar-refractivity contribution in [2.24, 2.45) is 0 Å². The summed E-state index contributed by atoms with van der Waals surface area (Å²) in [6.07, 6.45) is 0. The van der Waals surface area contributed by atoms with E-state index in [4.69, 9.17) is 0 Å². The molecule has 0 saturated heterocycles. The predicted octanol–water partition coefficient (Wildman–Crippen LogP) is 4.65. The van der Waals surface area contributed by atoms with Crippen LogP contribution in [0.2, 0.25) is 0 Å². The highest BCUT2D eigenvalue weighted by molar-refractivity contribution is 8.00. The monoisotopic (exact) mass is 466 g/mol. The number of halogens is 1. The highest BCUT2D eigenvalue weighted by Gasteiger charge is 2.14. The van der Waals surface area contributed by atoms with Gasteiger partial charge in [-0.25, -0.2) is 14.4 Å². The summed E-state index contributed by atoms with van der Waals surface area (Å²) in [7, 11) is 0. The number of amides is 2. The van der Waals surface area contributed by atoms with Gasteiger partial charge in [-0.15, -0.1) is 11.3 Å². The molecule has 2 N–H and O–H groups in total. The van der Waals surface area contributed by atoms with Gasteiger partial charge in [-0.05, 0) is 42.8 Å². The standard InChI is InChI=1S/C23H19FN4O2S2/c1-14-26-22(18-11-19(32-23(18)27-14)15-5-3-2-4-6-15)31-13-21(30)25-12-20(29)28-17-9-7-16(24)8-10-17/h2-11H,12-13H2,1H3,(H,25,30)(H,28,29). The molecule has 6 nitrogen and oxygen atoms in total. The van der Waals surface area contributed by atoms with E-state index in [1.165, 1.54) is 36.0 Å². The lowest BCUT2D eigenvalue weighted by Gasteiger charge is -2.07. The summed E-state index contributed by atoms with van der Waals surface area (Å²) in [5.41, 5.74) is 1.57. The molecule has 0 saturated carbocycles. The van der Waals surface area contributed by atoms with Crippen LogP contribution in [0.4, 0.5) is 10.1 Å². The lowest BCUT2D eigenvalue weighted by molar-refractivity contribution is -0.122. The second-order valence-electron chi connectivity index (χ2n) is 6.89. The van der Waals surface area contributed by atoms with Gasteiger partial charge in [0.1, 0.15) is 21.5 Å². The minimum absolute atomic E-state index is 0.117. The third-order valence-corrected chi connectivity index (χ3v) is 6.51. The van der Waals surface area contributed by atoms with E-state index in [0.29, 0.717) is 11.5 Å². The number of aryl methyl sites for hydroxylation is 1. The second-order valence-corrected chi connectivity index (χ2v) is 8.89.